The highest BCUT2D eigenvalue weighted by atomic mass is 16.5. The fraction of sp³-hybridized carbons (Fsp3) is 0.423. The Hall–Kier alpha value is -2.99. The molecule has 6 heteroatoms. The molecule has 168 valence electrons. The molecule has 0 aromatic heterocycles. The largest absolute Gasteiger partial charge is 0.468 e. The highest BCUT2D eigenvalue weighted by Gasteiger charge is 2.68. The number of nitrogens with zero attached hydrogens (tertiary/aromatic N) is 1. The number of carbonyl (C=O) groups is 3. The minimum atomic E-state index is -1.24. The van der Waals surface area contributed by atoms with Crippen molar-refractivity contribution in [2.24, 2.45) is 11.8 Å². The fourth-order valence-corrected chi connectivity index (χ4v) is 5.17. The number of aryl methyl sites for hydroxylation is 2. The van der Waals surface area contributed by atoms with Gasteiger partial charge in [-0.05, 0) is 38.0 Å². The highest BCUT2D eigenvalue weighted by molar-refractivity contribution is 6.24. The van der Waals surface area contributed by atoms with Gasteiger partial charge >= 0.3 is 5.97 Å². The SMILES string of the molecule is CCCC[C@]1(C(=O)OC)N[C@@H](c2ccc(C)cc2)[C@H]2C(=O)N(c3ccc(C)cc3)C(=O)[C@@H]21. The summed E-state index contributed by atoms with van der Waals surface area (Å²) in [5.41, 5.74) is 2.33. The number of esters is 1. The molecule has 0 radical (unpaired) electrons. The third-order valence-electron chi connectivity index (χ3n) is 6.86. The Morgan fingerprint density at radius 3 is 2.16 bits per heavy atom. The second-order valence-corrected chi connectivity index (χ2v) is 8.95. The monoisotopic (exact) mass is 434 g/mol. The number of ether oxygens (including phenoxy) is 1. The first-order valence-corrected chi connectivity index (χ1v) is 11.2. The van der Waals surface area contributed by atoms with E-state index in [1.165, 1.54) is 12.0 Å². The topological polar surface area (TPSA) is 75.7 Å². The quantitative estimate of drug-likeness (QED) is 0.552. The van der Waals surface area contributed by atoms with Crippen molar-refractivity contribution >= 4 is 23.5 Å². The van der Waals surface area contributed by atoms with Crippen LogP contribution in [0.2, 0.25) is 0 Å². The summed E-state index contributed by atoms with van der Waals surface area (Å²) in [4.78, 5) is 41.9. The maximum Gasteiger partial charge on any atom is 0.326 e. The molecule has 2 aromatic carbocycles. The second kappa shape index (κ2) is 8.51. The number of anilines is 1. The van der Waals surface area contributed by atoms with Crippen LogP contribution in [0.15, 0.2) is 48.5 Å². The van der Waals surface area contributed by atoms with Crippen LogP contribution < -0.4 is 10.2 Å². The highest BCUT2D eigenvalue weighted by Crippen LogP contribution is 2.51. The summed E-state index contributed by atoms with van der Waals surface area (Å²) in [5, 5.41) is 3.43. The van der Waals surface area contributed by atoms with Crippen LogP contribution in [0.4, 0.5) is 5.69 Å². The van der Waals surface area contributed by atoms with Crippen LogP contribution in [0.3, 0.4) is 0 Å². The van der Waals surface area contributed by atoms with E-state index in [1.54, 1.807) is 12.1 Å². The molecule has 6 nitrogen and oxygen atoms in total. The Morgan fingerprint density at radius 2 is 1.59 bits per heavy atom. The van der Waals surface area contributed by atoms with Gasteiger partial charge in [0.2, 0.25) is 11.8 Å². The maximum absolute atomic E-state index is 13.8. The second-order valence-electron chi connectivity index (χ2n) is 8.95. The summed E-state index contributed by atoms with van der Waals surface area (Å²) in [6, 6.07) is 14.8. The number of fused-ring (bicyclic) bond motifs is 1. The molecule has 0 unspecified atom stereocenters. The number of hydrogen-bond donors (Lipinski definition) is 1. The molecule has 0 spiro atoms. The number of rotatable bonds is 6. The minimum absolute atomic E-state index is 0.274. The van der Waals surface area contributed by atoms with Crippen LogP contribution in [0.25, 0.3) is 0 Å². The van der Waals surface area contributed by atoms with Crippen molar-refractivity contribution in [1.82, 2.24) is 5.32 Å². The molecule has 2 heterocycles. The molecular formula is C26H30N2O4. The predicted molar refractivity (Wildman–Crippen MR) is 122 cm³/mol. The zero-order valence-corrected chi connectivity index (χ0v) is 19.1. The van der Waals surface area contributed by atoms with Gasteiger partial charge < -0.3 is 4.74 Å². The third kappa shape index (κ3) is 3.43. The van der Waals surface area contributed by atoms with E-state index in [-0.39, 0.29) is 11.8 Å². The van der Waals surface area contributed by atoms with Crippen molar-refractivity contribution < 1.29 is 19.1 Å². The van der Waals surface area contributed by atoms with Crippen molar-refractivity contribution in [2.75, 3.05) is 12.0 Å². The van der Waals surface area contributed by atoms with Crippen molar-refractivity contribution in [1.29, 1.82) is 0 Å². The number of methoxy groups -OCH3 is 1. The summed E-state index contributed by atoms with van der Waals surface area (Å²) in [5.74, 6) is -2.59. The van der Waals surface area contributed by atoms with E-state index in [9.17, 15) is 14.4 Å². The maximum atomic E-state index is 13.8. The van der Waals surface area contributed by atoms with E-state index in [4.69, 9.17) is 4.74 Å². The summed E-state index contributed by atoms with van der Waals surface area (Å²) in [6.07, 6.45) is 2.02. The van der Waals surface area contributed by atoms with Crippen molar-refractivity contribution in [3.8, 4) is 0 Å². The number of hydrogen-bond acceptors (Lipinski definition) is 5. The van der Waals surface area contributed by atoms with Gasteiger partial charge in [0, 0.05) is 6.04 Å². The Labute approximate surface area is 188 Å². The van der Waals surface area contributed by atoms with E-state index >= 15 is 0 Å². The van der Waals surface area contributed by atoms with Gasteiger partial charge in [-0.1, -0.05) is 67.3 Å². The normalized spacial score (nSPS) is 27.0. The van der Waals surface area contributed by atoms with Crippen molar-refractivity contribution in [3.63, 3.8) is 0 Å². The van der Waals surface area contributed by atoms with Crippen LogP contribution in [0, 0.1) is 25.7 Å². The zero-order valence-electron chi connectivity index (χ0n) is 19.1. The van der Waals surface area contributed by atoms with Gasteiger partial charge in [0.25, 0.3) is 0 Å². The Morgan fingerprint density at radius 1 is 1.00 bits per heavy atom. The number of nitrogens with one attached hydrogen (secondary N) is 1. The Bertz CT molecular complexity index is 1030. The van der Waals surface area contributed by atoms with E-state index in [2.05, 4.69) is 5.32 Å². The summed E-state index contributed by atoms with van der Waals surface area (Å²) < 4.78 is 5.20. The fourth-order valence-electron chi connectivity index (χ4n) is 5.17. The Balaban J connectivity index is 1.85. The van der Waals surface area contributed by atoms with Gasteiger partial charge in [-0.2, -0.15) is 0 Å². The van der Waals surface area contributed by atoms with Gasteiger partial charge in [-0.15, -0.1) is 0 Å². The lowest BCUT2D eigenvalue weighted by molar-refractivity contribution is -0.152. The summed E-state index contributed by atoms with van der Waals surface area (Å²) in [6.45, 7) is 5.99. The van der Waals surface area contributed by atoms with Gasteiger partial charge in [-0.25, -0.2) is 4.90 Å². The molecule has 4 atom stereocenters. The van der Waals surface area contributed by atoms with Gasteiger partial charge in [0.05, 0.1) is 24.6 Å². The average molecular weight is 435 g/mol. The van der Waals surface area contributed by atoms with Crippen LogP contribution in [-0.2, 0) is 19.1 Å². The zero-order chi connectivity index (χ0) is 23.0. The first-order chi connectivity index (χ1) is 15.3. The van der Waals surface area contributed by atoms with Gasteiger partial charge in [0.1, 0.15) is 5.54 Å². The number of unbranched alkanes of at least 4 members (excludes halogenated alkanes) is 1. The summed E-state index contributed by atoms with van der Waals surface area (Å²) in [7, 11) is 1.34. The first-order valence-electron chi connectivity index (χ1n) is 11.2. The van der Waals surface area contributed by atoms with Crippen molar-refractivity contribution in [3.05, 3.63) is 65.2 Å². The number of carbonyl (C=O) groups excluding carboxylic acids is 3. The molecule has 2 aliphatic heterocycles. The lowest BCUT2D eigenvalue weighted by Gasteiger charge is -2.32. The molecule has 0 aliphatic carbocycles. The number of amides is 2. The lowest BCUT2D eigenvalue weighted by atomic mass is 9.76. The molecule has 2 fully saturated rings. The average Bonchev–Trinajstić information content (AvgIpc) is 3.27. The lowest BCUT2D eigenvalue weighted by Crippen LogP contribution is -2.56. The standard InChI is InChI=1S/C26H30N2O4/c1-5-6-15-26(25(31)32-4)21-20(22(27-26)18-11-7-16(2)8-12-18)23(29)28(24(21)30)19-13-9-17(3)10-14-19/h7-14,20-22,27H,5-6,15H2,1-4H3/t20-,21+,22-,26-/m0/s1. The van der Waals surface area contributed by atoms with E-state index in [1.807, 2.05) is 57.2 Å². The van der Waals surface area contributed by atoms with Gasteiger partial charge in [-0.3, -0.25) is 19.7 Å². The van der Waals surface area contributed by atoms with Crippen LogP contribution in [-0.4, -0.2) is 30.4 Å². The molecule has 32 heavy (non-hydrogen) atoms. The molecule has 0 bridgehead atoms. The third-order valence-corrected chi connectivity index (χ3v) is 6.86. The molecule has 2 saturated heterocycles. The molecule has 1 N–H and O–H groups in total. The van der Waals surface area contributed by atoms with Crippen LogP contribution in [0.1, 0.15) is 48.9 Å². The molecular weight excluding hydrogens is 404 g/mol. The smallest absolute Gasteiger partial charge is 0.326 e. The number of imide groups is 1. The summed E-state index contributed by atoms with van der Waals surface area (Å²) >= 11 is 0. The van der Waals surface area contributed by atoms with E-state index in [0.717, 1.165) is 29.5 Å². The molecule has 4 rings (SSSR count). The predicted octanol–water partition coefficient (Wildman–Crippen LogP) is 3.86. The number of benzene rings is 2. The van der Waals surface area contributed by atoms with Crippen LogP contribution >= 0.6 is 0 Å². The van der Waals surface area contributed by atoms with E-state index in [0.29, 0.717) is 12.1 Å². The van der Waals surface area contributed by atoms with E-state index < -0.39 is 29.4 Å². The van der Waals surface area contributed by atoms with Crippen molar-refractivity contribution in [2.45, 2.75) is 51.6 Å². The minimum Gasteiger partial charge on any atom is -0.468 e. The van der Waals surface area contributed by atoms with Gasteiger partial charge in [0.15, 0.2) is 0 Å². The Kier molecular flexibility index (Phi) is 5.91. The first kappa shape index (κ1) is 22.2. The molecule has 2 aliphatic rings. The molecule has 2 aromatic rings. The molecule has 0 saturated carbocycles. The molecule has 2 amide bonds. The van der Waals surface area contributed by atoms with Crippen LogP contribution in [0.5, 0.6) is 0 Å².